The van der Waals surface area contributed by atoms with Crippen molar-refractivity contribution in [3.05, 3.63) is 82.2 Å². The first-order valence-corrected chi connectivity index (χ1v) is 9.39. The normalized spacial score (nSPS) is 11.8. The third kappa shape index (κ3) is 2.77. The van der Waals surface area contributed by atoms with Gasteiger partial charge in [-0.05, 0) is 23.8 Å². The maximum atomic E-state index is 9.54. The number of nitrogens with zero attached hydrogens (tertiary/aromatic N) is 6. The molecule has 4 aromatic rings. The molecule has 5 rings (SSSR count). The van der Waals surface area contributed by atoms with Crippen molar-refractivity contribution in [2.45, 2.75) is 12.8 Å². The number of rotatable bonds is 3. The Morgan fingerprint density at radius 3 is 2.83 bits per heavy atom. The number of benzene rings is 2. The first-order chi connectivity index (χ1) is 14.2. The molecule has 7 nitrogen and oxygen atoms in total. The highest BCUT2D eigenvalue weighted by Crippen LogP contribution is 2.33. The summed E-state index contributed by atoms with van der Waals surface area (Å²) in [5.41, 5.74) is 5.56. The van der Waals surface area contributed by atoms with Crippen LogP contribution in [0.15, 0.2) is 48.8 Å². The molecule has 1 aliphatic heterocycles. The van der Waals surface area contributed by atoms with E-state index in [4.69, 9.17) is 16.3 Å². The van der Waals surface area contributed by atoms with E-state index in [0.29, 0.717) is 29.3 Å². The van der Waals surface area contributed by atoms with Crippen LogP contribution in [0.5, 0.6) is 5.75 Å². The van der Waals surface area contributed by atoms with Crippen LogP contribution in [0.25, 0.3) is 11.4 Å². The van der Waals surface area contributed by atoms with Crippen molar-refractivity contribution in [1.82, 2.24) is 24.5 Å². The quantitative estimate of drug-likeness (QED) is 0.461. The van der Waals surface area contributed by atoms with Crippen LogP contribution in [-0.4, -0.2) is 31.7 Å². The molecule has 142 valence electrons. The van der Waals surface area contributed by atoms with Crippen molar-refractivity contribution >= 4 is 11.6 Å². The molecule has 0 fully saturated rings. The van der Waals surface area contributed by atoms with Gasteiger partial charge < -0.3 is 4.74 Å². The van der Waals surface area contributed by atoms with Gasteiger partial charge in [-0.25, -0.2) is 9.67 Å². The van der Waals surface area contributed by atoms with Crippen LogP contribution in [0.2, 0.25) is 5.02 Å². The number of methoxy groups -OCH3 is 1. The van der Waals surface area contributed by atoms with Gasteiger partial charge >= 0.3 is 0 Å². The molecule has 0 amide bonds. The average Bonchev–Trinajstić information content (AvgIpc) is 3.30. The molecule has 0 radical (unpaired) electrons. The molecule has 1 aliphatic rings. The molecule has 0 saturated carbocycles. The summed E-state index contributed by atoms with van der Waals surface area (Å²) in [5, 5.41) is 19.1. The third-order valence-corrected chi connectivity index (χ3v) is 5.51. The molecule has 2 aromatic heterocycles. The van der Waals surface area contributed by atoms with E-state index in [1.54, 1.807) is 13.4 Å². The maximum Gasteiger partial charge on any atom is 0.162 e. The summed E-state index contributed by atoms with van der Waals surface area (Å²) >= 11 is 6.36. The van der Waals surface area contributed by atoms with Gasteiger partial charge in [-0.1, -0.05) is 35.0 Å². The van der Waals surface area contributed by atoms with E-state index in [1.165, 1.54) is 0 Å². The largest absolute Gasteiger partial charge is 0.497 e. The Labute approximate surface area is 171 Å². The van der Waals surface area contributed by atoms with Crippen LogP contribution in [0, 0.1) is 11.3 Å². The number of ether oxygens (including phenoxy) is 1. The lowest BCUT2D eigenvalue weighted by Gasteiger charge is -2.11. The summed E-state index contributed by atoms with van der Waals surface area (Å²) in [6, 6.07) is 15.6. The molecule has 3 heterocycles. The lowest BCUT2D eigenvalue weighted by Crippen LogP contribution is -2.04. The minimum Gasteiger partial charge on any atom is -0.497 e. The van der Waals surface area contributed by atoms with Crippen LogP contribution in [0.1, 0.15) is 28.3 Å². The van der Waals surface area contributed by atoms with Crippen molar-refractivity contribution in [2.75, 3.05) is 7.11 Å². The fraction of sp³-hybridized carbons (Fsp3) is 0.143. The Morgan fingerprint density at radius 2 is 2.03 bits per heavy atom. The molecule has 29 heavy (non-hydrogen) atoms. The number of hydrogen-bond acceptors (Lipinski definition) is 5. The highest BCUT2D eigenvalue weighted by Gasteiger charge is 2.26. The standard InChI is InChI=1S/C21H15ClN6O/c1-29-14-6-7-18-21(9-14)28-20(10-19-17(11-23)24-12-27(18)19)16(25-26-28)8-13-4-2-3-5-15(13)22/h2-7,9,12H,8,10H2,1H3. The van der Waals surface area contributed by atoms with E-state index < -0.39 is 0 Å². The Balaban J connectivity index is 1.73. The monoisotopic (exact) mass is 402 g/mol. The summed E-state index contributed by atoms with van der Waals surface area (Å²) in [6.07, 6.45) is 2.70. The molecule has 0 saturated heterocycles. The van der Waals surface area contributed by atoms with Gasteiger partial charge in [0.15, 0.2) is 5.69 Å². The van der Waals surface area contributed by atoms with Crippen LogP contribution < -0.4 is 4.74 Å². The average molecular weight is 403 g/mol. The number of hydrogen-bond donors (Lipinski definition) is 0. The predicted molar refractivity (Wildman–Crippen MR) is 107 cm³/mol. The molecule has 0 bridgehead atoms. The molecule has 0 atom stereocenters. The van der Waals surface area contributed by atoms with Gasteiger partial charge in [0.1, 0.15) is 18.1 Å². The second-order valence-electron chi connectivity index (χ2n) is 6.72. The molecule has 0 spiro atoms. The molecule has 8 heteroatoms. The Hall–Kier alpha value is -3.63. The van der Waals surface area contributed by atoms with Gasteiger partial charge in [-0.3, -0.25) is 4.57 Å². The van der Waals surface area contributed by atoms with E-state index in [2.05, 4.69) is 21.4 Å². The predicted octanol–water partition coefficient (Wildman–Crippen LogP) is 3.48. The van der Waals surface area contributed by atoms with Gasteiger partial charge in [0.05, 0.1) is 35.6 Å². The van der Waals surface area contributed by atoms with Crippen LogP contribution in [0.3, 0.4) is 0 Å². The lowest BCUT2D eigenvalue weighted by atomic mass is 10.1. The van der Waals surface area contributed by atoms with Crippen molar-refractivity contribution in [2.24, 2.45) is 0 Å². The van der Waals surface area contributed by atoms with Gasteiger partial charge in [0, 0.05) is 23.9 Å². The Kier molecular flexibility index (Phi) is 4.07. The summed E-state index contributed by atoms with van der Waals surface area (Å²) in [6.45, 7) is 0. The summed E-state index contributed by atoms with van der Waals surface area (Å²) in [7, 11) is 1.62. The number of nitriles is 1. The zero-order valence-electron chi connectivity index (χ0n) is 15.5. The van der Waals surface area contributed by atoms with Crippen molar-refractivity contribution in [1.29, 1.82) is 5.26 Å². The highest BCUT2D eigenvalue weighted by molar-refractivity contribution is 6.31. The molecular formula is C21H15ClN6O. The maximum absolute atomic E-state index is 9.54. The molecule has 0 N–H and O–H groups in total. The van der Waals surface area contributed by atoms with Gasteiger partial charge in [0.2, 0.25) is 0 Å². The van der Waals surface area contributed by atoms with E-state index in [1.807, 2.05) is 51.7 Å². The number of imidazole rings is 1. The fourth-order valence-electron chi connectivity index (χ4n) is 3.67. The Bertz CT molecular complexity index is 1280. The zero-order chi connectivity index (χ0) is 20.0. The summed E-state index contributed by atoms with van der Waals surface area (Å²) < 4.78 is 9.16. The number of halogens is 1. The van der Waals surface area contributed by atoms with Crippen molar-refractivity contribution in [3.8, 4) is 23.2 Å². The first-order valence-electron chi connectivity index (χ1n) is 9.01. The second kappa shape index (κ2) is 6.76. The molecule has 0 unspecified atom stereocenters. The minimum atomic E-state index is 0.394. The van der Waals surface area contributed by atoms with E-state index in [9.17, 15) is 5.26 Å². The topological polar surface area (TPSA) is 81.6 Å². The highest BCUT2D eigenvalue weighted by atomic mass is 35.5. The second-order valence-corrected chi connectivity index (χ2v) is 7.12. The molecule has 2 aromatic carbocycles. The first kappa shape index (κ1) is 17.5. The smallest absolute Gasteiger partial charge is 0.162 e. The number of fused-ring (bicyclic) bond motifs is 5. The van der Waals surface area contributed by atoms with E-state index in [0.717, 1.165) is 34.0 Å². The molecular weight excluding hydrogens is 388 g/mol. The van der Waals surface area contributed by atoms with Crippen molar-refractivity contribution in [3.63, 3.8) is 0 Å². The third-order valence-electron chi connectivity index (χ3n) is 5.14. The van der Waals surface area contributed by atoms with Gasteiger partial charge in [0.25, 0.3) is 0 Å². The fourth-order valence-corrected chi connectivity index (χ4v) is 3.87. The molecule has 0 aliphatic carbocycles. The van der Waals surface area contributed by atoms with E-state index in [-0.39, 0.29) is 0 Å². The number of aromatic nitrogens is 5. The van der Waals surface area contributed by atoms with Crippen LogP contribution >= 0.6 is 11.6 Å². The zero-order valence-corrected chi connectivity index (χ0v) is 16.3. The van der Waals surface area contributed by atoms with Crippen molar-refractivity contribution < 1.29 is 4.74 Å². The van der Waals surface area contributed by atoms with Crippen LogP contribution in [0.4, 0.5) is 0 Å². The van der Waals surface area contributed by atoms with Crippen LogP contribution in [-0.2, 0) is 12.8 Å². The minimum absolute atomic E-state index is 0.394. The summed E-state index contributed by atoms with van der Waals surface area (Å²) in [4.78, 5) is 4.28. The lowest BCUT2D eigenvalue weighted by molar-refractivity contribution is 0.414. The van der Waals surface area contributed by atoms with Gasteiger partial charge in [-0.2, -0.15) is 5.26 Å². The van der Waals surface area contributed by atoms with Gasteiger partial charge in [-0.15, -0.1) is 5.10 Å². The Morgan fingerprint density at radius 1 is 1.17 bits per heavy atom. The summed E-state index contributed by atoms with van der Waals surface area (Å²) in [5.74, 6) is 0.710. The van der Waals surface area contributed by atoms with E-state index >= 15 is 0 Å². The SMILES string of the molecule is COc1ccc2c(c1)-n1nnc(Cc3ccccc3Cl)c1Cc1c(C#N)ncn1-2.